The van der Waals surface area contributed by atoms with Crippen LogP contribution in [0.4, 0.5) is 8.78 Å². The van der Waals surface area contributed by atoms with Crippen LogP contribution in [-0.4, -0.2) is 37.7 Å². The molecule has 5 heteroatoms. The van der Waals surface area contributed by atoms with Crippen LogP contribution in [0.25, 0.3) is 0 Å². The Hall–Kier alpha value is -1.20. The number of ether oxygens (including phenoxy) is 1. The van der Waals surface area contributed by atoms with Crippen molar-refractivity contribution in [1.82, 2.24) is 10.2 Å². The maximum absolute atomic E-state index is 12.5. The molecule has 2 heterocycles. The van der Waals surface area contributed by atoms with E-state index < -0.39 is 6.61 Å². The molecule has 0 saturated carbocycles. The number of aryl methyl sites for hydroxylation is 2. The molecule has 2 saturated heterocycles. The third-order valence-electron chi connectivity index (χ3n) is 5.31. The Labute approximate surface area is 137 Å². The van der Waals surface area contributed by atoms with Crippen LogP contribution in [-0.2, 0) is 6.54 Å². The highest BCUT2D eigenvalue weighted by molar-refractivity contribution is 5.43. The molecule has 23 heavy (non-hydrogen) atoms. The molecular formula is C18H26F2N2O. The molecular weight excluding hydrogens is 298 g/mol. The Morgan fingerprint density at radius 1 is 1.17 bits per heavy atom. The highest BCUT2D eigenvalue weighted by Gasteiger charge is 2.38. The first-order chi connectivity index (χ1) is 11.0. The molecule has 2 aliphatic rings. The number of hydrogen-bond donors (Lipinski definition) is 1. The Morgan fingerprint density at radius 2 is 1.83 bits per heavy atom. The molecule has 0 amide bonds. The van der Waals surface area contributed by atoms with Gasteiger partial charge in [-0.1, -0.05) is 12.1 Å². The van der Waals surface area contributed by atoms with Gasteiger partial charge in [-0.2, -0.15) is 8.78 Å². The lowest BCUT2D eigenvalue weighted by Gasteiger charge is -2.34. The van der Waals surface area contributed by atoms with Gasteiger partial charge >= 0.3 is 6.61 Å². The predicted molar refractivity (Wildman–Crippen MR) is 87.0 cm³/mol. The second-order valence-corrected chi connectivity index (χ2v) is 7.15. The lowest BCUT2D eigenvalue weighted by Crippen LogP contribution is -2.38. The van der Waals surface area contributed by atoms with Crippen LogP contribution in [0.5, 0.6) is 5.75 Å². The van der Waals surface area contributed by atoms with E-state index in [1.807, 2.05) is 26.0 Å². The molecule has 2 aliphatic heterocycles. The molecule has 3 nitrogen and oxygen atoms in total. The van der Waals surface area contributed by atoms with Gasteiger partial charge in [-0.05, 0) is 74.8 Å². The van der Waals surface area contributed by atoms with E-state index in [2.05, 4.69) is 15.0 Å². The van der Waals surface area contributed by atoms with E-state index in [0.29, 0.717) is 11.2 Å². The summed E-state index contributed by atoms with van der Waals surface area (Å²) in [7, 11) is 0. The number of nitrogens with one attached hydrogen (secondary N) is 1. The Bertz CT molecular complexity index is 533. The zero-order valence-corrected chi connectivity index (χ0v) is 14.0. The Kier molecular flexibility index (Phi) is 4.87. The maximum Gasteiger partial charge on any atom is 0.387 e. The largest absolute Gasteiger partial charge is 0.434 e. The van der Waals surface area contributed by atoms with Gasteiger partial charge in [-0.3, -0.25) is 4.90 Å². The highest BCUT2D eigenvalue weighted by Crippen LogP contribution is 2.39. The molecule has 0 atom stereocenters. The molecule has 1 N–H and O–H groups in total. The number of rotatable bonds is 4. The summed E-state index contributed by atoms with van der Waals surface area (Å²) >= 11 is 0. The molecule has 0 aromatic heterocycles. The smallest absolute Gasteiger partial charge is 0.387 e. The van der Waals surface area contributed by atoms with Crippen LogP contribution in [0.2, 0.25) is 0 Å². The third-order valence-corrected chi connectivity index (χ3v) is 5.31. The van der Waals surface area contributed by atoms with Crippen molar-refractivity contribution in [3.8, 4) is 5.75 Å². The number of piperidine rings is 1. The number of alkyl halides is 2. The van der Waals surface area contributed by atoms with Gasteiger partial charge in [0.25, 0.3) is 0 Å². The summed E-state index contributed by atoms with van der Waals surface area (Å²) in [5, 5.41) is 3.44. The highest BCUT2D eigenvalue weighted by atomic mass is 19.3. The number of hydrogen-bond acceptors (Lipinski definition) is 3. The average Bonchev–Trinajstić information content (AvgIpc) is 2.86. The summed E-state index contributed by atoms with van der Waals surface area (Å²) in [5.41, 5.74) is 3.26. The summed E-state index contributed by atoms with van der Waals surface area (Å²) in [6, 6.07) is 3.97. The lowest BCUT2D eigenvalue weighted by molar-refractivity contribution is -0.0507. The van der Waals surface area contributed by atoms with E-state index in [1.54, 1.807) is 0 Å². The Balaban J connectivity index is 1.67. The van der Waals surface area contributed by atoms with Gasteiger partial charge in [0.15, 0.2) is 0 Å². The van der Waals surface area contributed by atoms with E-state index >= 15 is 0 Å². The molecule has 1 aromatic rings. The quantitative estimate of drug-likeness (QED) is 0.918. The van der Waals surface area contributed by atoms with Crippen molar-refractivity contribution in [3.63, 3.8) is 0 Å². The zero-order chi connectivity index (χ0) is 16.4. The van der Waals surface area contributed by atoms with Crippen molar-refractivity contribution in [2.75, 3.05) is 26.2 Å². The topological polar surface area (TPSA) is 24.5 Å². The van der Waals surface area contributed by atoms with Crippen LogP contribution in [0, 0.1) is 19.3 Å². The molecule has 2 fully saturated rings. The van der Waals surface area contributed by atoms with Crippen molar-refractivity contribution >= 4 is 0 Å². The summed E-state index contributed by atoms with van der Waals surface area (Å²) in [6.45, 7) is 6.36. The monoisotopic (exact) mass is 324 g/mol. The van der Waals surface area contributed by atoms with Crippen molar-refractivity contribution in [3.05, 3.63) is 28.8 Å². The minimum absolute atomic E-state index is 0.319. The molecule has 0 aliphatic carbocycles. The molecule has 0 unspecified atom stereocenters. The van der Waals surface area contributed by atoms with Gasteiger partial charge in [-0.25, -0.2) is 0 Å². The van der Waals surface area contributed by atoms with Gasteiger partial charge in [0.1, 0.15) is 5.75 Å². The summed E-state index contributed by atoms with van der Waals surface area (Å²) in [5.74, 6) is 0.319. The molecule has 1 aromatic carbocycles. The fourth-order valence-electron chi connectivity index (χ4n) is 4.19. The Morgan fingerprint density at radius 3 is 2.43 bits per heavy atom. The predicted octanol–water partition coefficient (Wildman–Crippen LogP) is 3.48. The number of halogens is 2. The molecule has 128 valence electrons. The van der Waals surface area contributed by atoms with E-state index in [0.717, 1.165) is 43.9 Å². The van der Waals surface area contributed by atoms with Gasteiger partial charge in [0, 0.05) is 13.1 Å². The van der Waals surface area contributed by atoms with E-state index in [9.17, 15) is 8.78 Å². The van der Waals surface area contributed by atoms with E-state index in [-0.39, 0.29) is 0 Å². The van der Waals surface area contributed by atoms with Crippen molar-refractivity contribution in [2.24, 2.45) is 5.41 Å². The summed E-state index contributed by atoms with van der Waals surface area (Å²) < 4.78 is 29.6. The first-order valence-corrected chi connectivity index (χ1v) is 8.45. The van der Waals surface area contributed by atoms with Crippen LogP contribution in [0.1, 0.15) is 36.0 Å². The van der Waals surface area contributed by atoms with Gasteiger partial charge in [0.2, 0.25) is 0 Å². The van der Waals surface area contributed by atoms with Crippen molar-refractivity contribution in [1.29, 1.82) is 0 Å². The second-order valence-electron chi connectivity index (χ2n) is 7.15. The number of benzene rings is 1. The lowest BCUT2D eigenvalue weighted by atomic mass is 9.78. The third kappa shape index (κ3) is 3.83. The number of likely N-dealkylation sites (tertiary alicyclic amines) is 1. The number of nitrogens with zero attached hydrogens (tertiary/aromatic N) is 1. The van der Waals surface area contributed by atoms with Crippen molar-refractivity contribution in [2.45, 2.75) is 46.3 Å². The van der Waals surface area contributed by atoms with Gasteiger partial charge < -0.3 is 10.1 Å². The average molecular weight is 324 g/mol. The first-order valence-electron chi connectivity index (χ1n) is 8.45. The van der Waals surface area contributed by atoms with Crippen LogP contribution in [0.3, 0.4) is 0 Å². The molecule has 0 bridgehead atoms. The zero-order valence-electron chi connectivity index (χ0n) is 14.0. The standard InChI is InChI=1S/C18H26F2N2O/c1-13-9-15(10-14(2)16(13)23-17(19)20)11-22-8-5-18(12-22)3-6-21-7-4-18/h9-10,17,21H,3-8,11-12H2,1-2H3. The normalized spacial score (nSPS) is 21.3. The van der Waals surface area contributed by atoms with E-state index in [1.165, 1.54) is 24.8 Å². The maximum atomic E-state index is 12.5. The molecule has 3 rings (SSSR count). The van der Waals surface area contributed by atoms with Crippen LogP contribution < -0.4 is 10.1 Å². The minimum atomic E-state index is -2.77. The molecule has 1 spiro atoms. The fraction of sp³-hybridized carbons (Fsp3) is 0.667. The fourth-order valence-corrected chi connectivity index (χ4v) is 4.19. The summed E-state index contributed by atoms with van der Waals surface area (Å²) in [4.78, 5) is 2.51. The SMILES string of the molecule is Cc1cc(CN2CCC3(CCNCC3)C2)cc(C)c1OC(F)F. The van der Waals surface area contributed by atoms with Crippen molar-refractivity contribution < 1.29 is 13.5 Å². The van der Waals surface area contributed by atoms with Gasteiger partial charge in [-0.15, -0.1) is 0 Å². The van der Waals surface area contributed by atoms with E-state index in [4.69, 9.17) is 0 Å². The molecule has 0 radical (unpaired) electrons. The van der Waals surface area contributed by atoms with Crippen LogP contribution in [0.15, 0.2) is 12.1 Å². The second kappa shape index (κ2) is 6.73. The summed E-state index contributed by atoms with van der Waals surface area (Å²) in [6.07, 6.45) is 3.81. The first kappa shape index (κ1) is 16.7. The minimum Gasteiger partial charge on any atom is -0.434 e. The van der Waals surface area contributed by atoms with Gasteiger partial charge in [0.05, 0.1) is 0 Å². The van der Waals surface area contributed by atoms with Crippen LogP contribution >= 0.6 is 0 Å².